The predicted octanol–water partition coefficient (Wildman–Crippen LogP) is 2.03. The normalized spacial score (nSPS) is 20.6. The first-order chi connectivity index (χ1) is 11.1. The predicted molar refractivity (Wildman–Crippen MR) is 96.1 cm³/mol. The summed E-state index contributed by atoms with van der Waals surface area (Å²) in [5.74, 6) is 0.662. The average Bonchev–Trinajstić information content (AvgIpc) is 2.55. The van der Waals surface area contributed by atoms with Crippen molar-refractivity contribution in [2.45, 2.75) is 32.8 Å². The number of aliphatic hydroxyl groups excluding tert-OH is 1. The molecule has 0 aromatic heterocycles. The van der Waals surface area contributed by atoms with Gasteiger partial charge < -0.3 is 15.3 Å². The van der Waals surface area contributed by atoms with Gasteiger partial charge in [-0.1, -0.05) is 26.0 Å². The van der Waals surface area contributed by atoms with Crippen LogP contribution in [0.2, 0.25) is 0 Å². The van der Waals surface area contributed by atoms with Crippen LogP contribution in [0.15, 0.2) is 18.2 Å². The van der Waals surface area contributed by atoms with Gasteiger partial charge in [-0.3, -0.25) is 4.90 Å². The third-order valence-corrected chi connectivity index (χ3v) is 4.94. The van der Waals surface area contributed by atoms with Gasteiger partial charge in [0.2, 0.25) is 0 Å². The van der Waals surface area contributed by atoms with Crippen molar-refractivity contribution in [2.24, 2.45) is 5.92 Å². The Bertz CT molecular complexity index is 511. The van der Waals surface area contributed by atoms with E-state index in [-0.39, 0.29) is 6.10 Å². The molecule has 2 heterocycles. The van der Waals surface area contributed by atoms with Crippen molar-refractivity contribution in [1.82, 2.24) is 10.2 Å². The summed E-state index contributed by atoms with van der Waals surface area (Å²) in [4.78, 5) is 4.86. The molecule has 0 aliphatic carbocycles. The van der Waals surface area contributed by atoms with Crippen LogP contribution in [0, 0.1) is 5.92 Å². The largest absolute Gasteiger partial charge is 0.387 e. The minimum absolute atomic E-state index is 0.388. The SMILES string of the molecule is CC(C)CN1CCCc2ccc(C(O)CN3CCNCC3)cc21. The van der Waals surface area contributed by atoms with Gasteiger partial charge in [-0.2, -0.15) is 0 Å². The van der Waals surface area contributed by atoms with E-state index in [0.29, 0.717) is 5.92 Å². The Kier molecular flexibility index (Phi) is 5.57. The van der Waals surface area contributed by atoms with Crippen LogP contribution in [0.3, 0.4) is 0 Å². The van der Waals surface area contributed by atoms with E-state index in [1.165, 1.54) is 17.7 Å². The number of aryl methyl sites for hydroxylation is 1. The molecule has 2 aliphatic rings. The summed E-state index contributed by atoms with van der Waals surface area (Å²) in [6, 6.07) is 6.60. The molecule has 2 N–H and O–H groups in total. The Hall–Kier alpha value is -1.10. The highest BCUT2D eigenvalue weighted by molar-refractivity contribution is 5.57. The Morgan fingerprint density at radius 3 is 2.65 bits per heavy atom. The molecule has 1 aromatic rings. The number of aliphatic hydroxyl groups is 1. The van der Waals surface area contributed by atoms with Crippen molar-refractivity contribution in [1.29, 1.82) is 0 Å². The molecule has 2 aliphatic heterocycles. The summed E-state index contributed by atoms with van der Waals surface area (Å²) in [5.41, 5.74) is 3.86. The van der Waals surface area contributed by atoms with Crippen LogP contribution in [-0.4, -0.2) is 55.8 Å². The molecule has 1 fully saturated rings. The van der Waals surface area contributed by atoms with Crippen LogP contribution in [-0.2, 0) is 6.42 Å². The molecule has 23 heavy (non-hydrogen) atoms. The van der Waals surface area contributed by atoms with Crippen molar-refractivity contribution in [2.75, 3.05) is 50.7 Å². The van der Waals surface area contributed by atoms with Gasteiger partial charge in [0.15, 0.2) is 0 Å². The van der Waals surface area contributed by atoms with E-state index in [1.54, 1.807) is 0 Å². The molecular formula is C19H31N3O. The molecule has 4 nitrogen and oxygen atoms in total. The lowest BCUT2D eigenvalue weighted by Crippen LogP contribution is -2.45. The smallest absolute Gasteiger partial charge is 0.0917 e. The number of benzene rings is 1. The number of hydrogen-bond acceptors (Lipinski definition) is 4. The maximum atomic E-state index is 10.7. The monoisotopic (exact) mass is 317 g/mol. The van der Waals surface area contributed by atoms with Gasteiger partial charge in [0.25, 0.3) is 0 Å². The highest BCUT2D eigenvalue weighted by Gasteiger charge is 2.21. The molecule has 0 bridgehead atoms. The van der Waals surface area contributed by atoms with E-state index < -0.39 is 0 Å². The number of β-amino-alcohol motifs (C(OH)–C–C–N with tert-alkyl or cyclic N) is 1. The molecule has 4 heteroatoms. The van der Waals surface area contributed by atoms with Crippen LogP contribution in [0.1, 0.15) is 37.5 Å². The summed E-state index contributed by atoms with van der Waals surface area (Å²) in [5, 5.41) is 14.0. The topological polar surface area (TPSA) is 38.7 Å². The fourth-order valence-electron chi connectivity index (χ4n) is 3.75. The van der Waals surface area contributed by atoms with Crippen LogP contribution in [0.5, 0.6) is 0 Å². The fraction of sp³-hybridized carbons (Fsp3) is 0.684. The number of nitrogens with zero attached hydrogens (tertiary/aromatic N) is 2. The Balaban J connectivity index is 1.72. The quantitative estimate of drug-likeness (QED) is 0.872. The zero-order valence-corrected chi connectivity index (χ0v) is 14.6. The van der Waals surface area contributed by atoms with E-state index in [1.807, 2.05) is 0 Å². The minimum atomic E-state index is -0.388. The summed E-state index contributed by atoms with van der Waals surface area (Å²) in [6.07, 6.45) is 2.02. The lowest BCUT2D eigenvalue weighted by Gasteiger charge is -2.34. The first-order valence-corrected chi connectivity index (χ1v) is 9.12. The van der Waals surface area contributed by atoms with Gasteiger partial charge in [-0.15, -0.1) is 0 Å². The van der Waals surface area contributed by atoms with Crippen molar-refractivity contribution < 1.29 is 5.11 Å². The van der Waals surface area contributed by atoms with Crippen molar-refractivity contribution >= 4 is 5.69 Å². The number of hydrogen-bond donors (Lipinski definition) is 2. The second-order valence-electron chi connectivity index (χ2n) is 7.40. The molecule has 0 spiro atoms. The number of anilines is 1. The molecule has 3 rings (SSSR count). The van der Waals surface area contributed by atoms with E-state index in [4.69, 9.17) is 0 Å². The standard InChI is InChI=1S/C19H31N3O/c1-15(2)13-22-9-3-4-16-5-6-17(12-18(16)22)19(23)14-21-10-7-20-8-11-21/h5-6,12,15,19-20,23H,3-4,7-11,13-14H2,1-2H3. The van der Waals surface area contributed by atoms with E-state index in [2.05, 4.69) is 47.2 Å². The van der Waals surface area contributed by atoms with Crippen LogP contribution < -0.4 is 10.2 Å². The zero-order chi connectivity index (χ0) is 16.2. The second-order valence-corrected chi connectivity index (χ2v) is 7.40. The van der Waals surface area contributed by atoms with Gasteiger partial charge >= 0.3 is 0 Å². The molecule has 0 saturated carbocycles. The van der Waals surface area contributed by atoms with Crippen molar-refractivity contribution in [3.63, 3.8) is 0 Å². The third-order valence-electron chi connectivity index (χ3n) is 4.94. The van der Waals surface area contributed by atoms with Gasteiger partial charge in [-0.25, -0.2) is 0 Å². The summed E-state index contributed by atoms with van der Waals surface area (Å²) < 4.78 is 0. The maximum absolute atomic E-state index is 10.7. The number of nitrogens with one attached hydrogen (secondary N) is 1. The van der Waals surface area contributed by atoms with Crippen LogP contribution >= 0.6 is 0 Å². The fourth-order valence-corrected chi connectivity index (χ4v) is 3.75. The van der Waals surface area contributed by atoms with Crippen LogP contribution in [0.25, 0.3) is 0 Å². The lowest BCUT2D eigenvalue weighted by atomic mass is 9.96. The Morgan fingerprint density at radius 2 is 1.91 bits per heavy atom. The molecule has 0 radical (unpaired) electrons. The number of fused-ring (bicyclic) bond motifs is 1. The van der Waals surface area contributed by atoms with E-state index in [9.17, 15) is 5.11 Å². The molecular weight excluding hydrogens is 286 g/mol. The highest BCUT2D eigenvalue weighted by Crippen LogP contribution is 2.31. The van der Waals surface area contributed by atoms with Gasteiger partial charge in [-0.05, 0) is 36.0 Å². The van der Waals surface area contributed by atoms with Crippen molar-refractivity contribution in [3.8, 4) is 0 Å². The summed E-state index contributed by atoms with van der Waals surface area (Å²) >= 11 is 0. The van der Waals surface area contributed by atoms with Crippen molar-refractivity contribution in [3.05, 3.63) is 29.3 Å². The van der Waals surface area contributed by atoms with E-state index >= 15 is 0 Å². The Labute approximate surface area is 140 Å². The zero-order valence-electron chi connectivity index (χ0n) is 14.6. The first-order valence-electron chi connectivity index (χ1n) is 9.12. The lowest BCUT2D eigenvalue weighted by molar-refractivity contribution is 0.105. The molecule has 1 unspecified atom stereocenters. The first kappa shape index (κ1) is 16.7. The van der Waals surface area contributed by atoms with Gasteiger partial charge in [0.05, 0.1) is 6.10 Å². The summed E-state index contributed by atoms with van der Waals surface area (Å²) in [6.45, 7) is 11.6. The van der Waals surface area contributed by atoms with E-state index in [0.717, 1.165) is 57.8 Å². The van der Waals surface area contributed by atoms with Gasteiger partial charge in [0.1, 0.15) is 0 Å². The highest BCUT2D eigenvalue weighted by atomic mass is 16.3. The average molecular weight is 317 g/mol. The number of piperazine rings is 1. The molecule has 1 saturated heterocycles. The Morgan fingerprint density at radius 1 is 1.13 bits per heavy atom. The van der Waals surface area contributed by atoms with Crippen LogP contribution in [0.4, 0.5) is 5.69 Å². The molecule has 0 amide bonds. The molecule has 1 atom stereocenters. The third kappa shape index (κ3) is 4.25. The maximum Gasteiger partial charge on any atom is 0.0917 e. The second kappa shape index (κ2) is 7.65. The summed E-state index contributed by atoms with van der Waals surface area (Å²) in [7, 11) is 0. The molecule has 128 valence electrons. The number of rotatable bonds is 5. The minimum Gasteiger partial charge on any atom is -0.387 e. The van der Waals surface area contributed by atoms with Gasteiger partial charge in [0, 0.05) is 51.5 Å². The molecule has 1 aromatic carbocycles.